The fourth-order valence-corrected chi connectivity index (χ4v) is 3.33. The lowest BCUT2D eigenvalue weighted by Crippen LogP contribution is -2.27. The van der Waals surface area contributed by atoms with Gasteiger partial charge < -0.3 is 5.32 Å². The second-order valence-corrected chi connectivity index (χ2v) is 7.00. The van der Waals surface area contributed by atoms with Gasteiger partial charge in [-0.25, -0.2) is 17.5 Å². The Bertz CT molecular complexity index is 580. The molecule has 3 rings (SSSR count). The summed E-state index contributed by atoms with van der Waals surface area (Å²) in [4.78, 5) is -0.241. The van der Waals surface area contributed by atoms with Crippen molar-refractivity contribution >= 4 is 10.0 Å². The van der Waals surface area contributed by atoms with Gasteiger partial charge in [-0.05, 0) is 43.4 Å². The molecule has 2 saturated carbocycles. The Morgan fingerprint density at radius 2 is 1.84 bits per heavy atom. The number of nitrogens with one attached hydrogen (secondary N) is 2. The molecule has 0 radical (unpaired) electrons. The summed E-state index contributed by atoms with van der Waals surface area (Å²) >= 11 is 0. The van der Waals surface area contributed by atoms with Gasteiger partial charge >= 0.3 is 0 Å². The van der Waals surface area contributed by atoms with Gasteiger partial charge in [-0.15, -0.1) is 0 Å². The standard InChI is InChI=1S/C13H17FN2O2S/c14-12-6-1-9(8-15-10-2-3-10)7-13(12)19(17,18)16-11-4-5-11/h1,6-7,10-11,15-16H,2-5,8H2. The molecule has 1 aromatic carbocycles. The summed E-state index contributed by atoms with van der Waals surface area (Å²) in [6, 6.07) is 4.80. The van der Waals surface area contributed by atoms with Crippen LogP contribution in [0, 0.1) is 5.82 Å². The van der Waals surface area contributed by atoms with E-state index in [1.54, 1.807) is 6.07 Å². The van der Waals surface area contributed by atoms with Crippen LogP contribution in [0.15, 0.2) is 23.1 Å². The summed E-state index contributed by atoms with van der Waals surface area (Å²) < 4.78 is 40.3. The number of hydrogen-bond acceptors (Lipinski definition) is 3. The van der Waals surface area contributed by atoms with Crippen molar-refractivity contribution < 1.29 is 12.8 Å². The Labute approximate surface area is 112 Å². The van der Waals surface area contributed by atoms with Crippen molar-refractivity contribution in [2.45, 2.75) is 49.2 Å². The minimum absolute atomic E-state index is 0.0161. The molecule has 2 fully saturated rings. The van der Waals surface area contributed by atoms with Gasteiger partial charge in [0.2, 0.25) is 10.0 Å². The van der Waals surface area contributed by atoms with Crippen LogP contribution in [0.25, 0.3) is 0 Å². The van der Waals surface area contributed by atoms with E-state index >= 15 is 0 Å². The fourth-order valence-electron chi connectivity index (χ4n) is 1.90. The fraction of sp³-hybridized carbons (Fsp3) is 0.538. The van der Waals surface area contributed by atoms with Crippen molar-refractivity contribution in [1.82, 2.24) is 10.0 Å². The zero-order chi connectivity index (χ0) is 13.5. The smallest absolute Gasteiger partial charge is 0.243 e. The van der Waals surface area contributed by atoms with E-state index in [-0.39, 0.29) is 10.9 Å². The quantitative estimate of drug-likeness (QED) is 0.832. The van der Waals surface area contributed by atoms with Gasteiger partial charge in [-0.3, -0.25) is 0 Å². The predicted molar refractivity (Wildman–Crippen MR) is 69.6 cm³/mol. The van der Waals surface area contributed by atoms with Crippen molar-refractivity contribution in [2.24, 2.45) is 0 Å². The van der Waals surface area contributed by atoms with Gasteiger partial charge in [0.15, 0.2) is 0 Å². The summed E-state index contributed by atoms with van der Waals surface area (Å²) in [7, 11) is -3.73. The zero-order valence-corrected chi connectivity index (χ0v) is 11.3. The first-order valence-corrected chi connectivity index (χ1v) is 8.07. The first-order chi connectivity index (χ1) is 9.04. The van der Waals surface area contributed by atoms with E-state index in [1.807, 2.05) is 0 Å². The van der Waals surface area contributed by atoms with Crippen molar-refractivity contribution in [3.05, 3.63) is 29.6 Å². The molecule has 104 valence electrons. The van der Waals surface area contributed by atoms with Crippen LogP contribution in [0.5, 0.6) is 0 Å². The lowest BCUT2D eigenvalue weighted by molar-refractivity contribution is 0.555. The molecule has 2 aliphatic carbocycles. The molecule has 4 nitrogen and oxygen atoms in total. The molecular weight excluding hydrogens is 267 g/mol. The van der Waals surface area contributed by atoms with E-state index in [9.17, 15) is 12.8 Å². The molecule has 1 aromatic rings. The molecule has 0 aromatic heterocycles. The van der Waals surface area contributed by atoms with E-state index in [0.717, 1.165) is 31.2 Å². The summed E-state index contributed by atoms with van der Waals surface area (Å²) in [5.74, 6) is -0.691. The summed E-state index contributed by atoms with van der Waals surface area (Å²) in [5, 5.41) is 3.29. The number of benzene rings is 1. The molecule has 2 N–H and O–H groups in total. The minimum atomic E-state index is -3.73. The first-order valence-electron chi connectivity index (χ1n) is 6.59. The van der Waals surface area contributed by atoms with Gasteiger partial charge in [0.1, 0.15) is 10.7 Å². The number of halogens is 1. The summed E-state index contributed by atoms with van der Waals surface area (Å²) in [6.45, 7) is 0.580. The normalized spacial score (nSPS) is 19.6. The third kappa shape index (κ3) is 3.32. The lowest BCUT2D eigenvalue weighted by Gasteiger charge is -2.09. The molecule has 0 bridgehead atoms. The SMILES string of the molecule is O=S(=O)(NC1CC1)c1cc(CNC2CC2)ccc1F. The number of hydrogen-bond donors (Lipinski definition) is 2. The molecule has 0 saturated heterocycles. The predicted octanol–water partition coefficient (Wildman–Crippen LogP) is 1.52. The van der Waals surface area contributed by atoms with Crippen molar-refractivity contribution in [1.29, 1.82) is 0 Å². The highest BCUT2D eigenvalue weighted by Crippen LogP contribution is 2.24. The van der Waals surface area contributed by atoms with Crippen LogP contribution >= 0.6 is 0 Å². The van der Waals surface area contributed by atoms with Crippen LogP contribution in [-0.2, 0) is 16.6 Å². The van der Waals surface area contributed by atoms with Gasteiger partial charge in [0.05, 0.1) is 0 Å². The highest BCUT2D eigenvalue weighted by atomic mass is 32.2. The molecule has 6 heteroatoms. The molecule has 0 unspecified atom stereocenters. The van der Waals surface area contributed by atoms with Gasteiger partial charge in [0.25, 0.3) is 0 Å². The van der Waals surface area contributed by atoms with Crippen LogP contribution < -0.4 is 10.0 Å². The van der Waals surface area contributed by atoms with Crippen LogP contribution in [0.4, 0.5) is 4.39 Å². The highest BCUT2D eigenvalue weighted by molar-refractivity contribution is 7.89. The number of sulfonamides is 1. The van der Waals surface area contributed by atoms with Gasteiger partial charge in [-0.1, -0.05) is 6.07 Å². The molecule has 2 aliphatic rings. The maximum atomic E-state index is 13.7. The Kier molecular flexibility index (Phi) is 3.32. The van der Waals surface area contributed by atoms with Gasteiger partial charge in [0, 0.05) is 18.6 Å². The monoisotopic (exact) mass is 284 g/mol. The van der Waals surface area contributed by atoms with Crippen LogP contribution in [0.3, 0.4) is 0 Å². The molecular formula is C13H17FN2O2S. The van der Waals surface area contributed by atoms with E-state index in [0.29, 0.717) is 12.6 Å². The second-order valence-electron chi connectivity index (χ2n) is 5.32. The Balaban J connectivity index is 1.79. The van der Waals surface area contributed by atoms with Crippen LogP contribution in [0.1, 0.15) is 31.2 Å². The molecule has 0 spiro atoms. The maximum absolute atomic E-state index is 13.7. The average Bonchev–Trinajstić information content (AvgIpc) is 3.22. The van der Waals surface area contributed by atoms with E-state index in [1.165, 1.54) is 12.1 Å². The highest BCUT2D eigenvalue weighted by Gasteiger charge is 2.29. The Hall–Kier alpha value is -0.980. The molecule has 0 heterocycles. The molecule has 0 amide bonds. The van der Waals surface area contributed by atoms with Crippen molar-refractivity contribution in [3.8, 4) is 0 Å². The van der Waals surface area contributed by atoms with Crippen LogP contribution in [0.2, 0.25) is 0 Å². The Morgan fingerprint density at radius 1 is 1.16 bits per heavy atom. The summed E-state index contributed by atoms with van der Waals surface area (Å²) in [6.07, 6.45) is 4.00. The topological polar surface area (TPSA) is 58.2 Å². The van der Waals surface area contributed by atoms with Crippen LogP contribution in [-0.4, -0.2) is 20.5 Å². The third-order valence-electron chi connectivity index (χ3n) is 3.36. The van der Waals surface area contributed by atoms with E-state index < -0.39 is 15.8 Å². The lowest BCUT2D eigenvalue weighted by atomic mass is 10.2. The summed E-state index contributed by atoms with van der Waals surface area (Å²) in [5.41, 5.74) is 0.796. The molecule has 19 heavy (non-hydrogen) atoms. The van der Waals surface area contributed by atoms with Gasteiger partial charge in [-0.2, -0.15) is 0 Å². The Morgan fingerprint density at radius 3 is 2.47 bits per heavy atom. The largest absolute Gasteiger partial charge is 0.310 e. The van der Waals surface area contributed by atoms with Crippen molar-refractivity contribution in [3.63, 3.8) is 0 Å². The van der Waals surface area contributed by atoms with E-state index in [2.05, 4.69) is 10.0 Å². The third-order valence-corrected chi connectivity index (χ3v) is 4.89. The number of rotatable bonds is 6. The zero-order valence-electron chi connectivity index (χ0n) is 10.5. The molecule has 0 aliphatic heterocycles. The second kappa shape index (κ2) is 4.85. The molecule has 0 atom stereocenters. The van der Waals surface area contributed by atoms with E-state index in [4.69, 9.17) is 0 Å². The maximum Gasteiger partial charge on any atom is 0.243 e. The first kappa shape index (κ1) is 13.0. The van der Waals surface area contributed by atoms with Crippen molar-refractivity contribution in [2.75, 3.05) is 0 Å². The average molecular weight is 284 g/mol. The minimum Gasteiger partial charge on any atom is -0.310 e.